The summed E-state index contributed by atoms with van der Waals surface area (Å²) >= 11 is 0. The Labute approximate surface area is 143 Å². The number of benzene rings is 2. The monoisotopic (exact) mass is 323 g/mol. The van der Waals surface area contributed by atoms with Crippen LogP contribution in [0, 0.1) is 0 Å². The molecule has 0 bridgehead atoms. The first kappa shape index (κ1) is 16.7. The standard InChI is InChI=1S/C21H25NO2/c1-21(17-10-6-3-7-11-17)13-12-18(15-21)22-19(20(23)24)14-16-8-4-2-5-9-16/h2-11,18-19,22H,12-15H2,1H3,(H,23,24)/t18?,19-,21?/m1/s1. The Morgan fingerprint density at radius 1 is 1.17 bits per heavy atom. The lowest BCUT2D eigenvalue weighted by Crippen LogP contribution is -2.44. The van der Waals surface area contributed by atoms with E-state index in [-0.39, 0.29) is 11.5 Å². The maximum atomic E-state index is 11.7. The number of hydrogen-bond acceptors (Lipinski definition) is 2. The Morgan fingerprint density at radius 3 is 2.42 bits per heavy atom. The van der Waals surface area contributed by atoms with E-state index in [9.17, 15) is 9.90 Å². The predicted molar refractivity (Wildman–Crippen MR) is 96.1 cm³/mol. The van der Waals surface area contributed by atoms with Gasteiger partial charge in [0.2, 0.25) is 0 Å². The first-order valence-corrected chi connectivity index (χ1v) is 8.65. The molecule has 3 heteroatoms. The minimum Gasteiger partial charge on any atom is -0.480 e. The minimum atomic E-state index is -0.771. The lowest BCUT2D eigenvalue weighted by molar-refractivity contribution is -0.139. The van der Waals surface area contributed by atoms with Crippen molar-refractivity contribution < 1.29 is 9.90 Å². The van der Waals surface area contributed by atoms with Gasteiger partial charge < -0.3 is 10.4 Å². The summed E-state index contributed by atoms with van der Waals surface area (Å²) in [6.45, 7) is 2.29. The summed E-state index contributed by atoms with van der Waals surface area (Å²) in [5, 5.41) is 13.0. The molecule has 0 radical (unpaired) electrons. The molecule has 2 aromatic rings. The molecule has 3 rings (SSSR count). The normalized spacial score (nSPS) is 24.6. The van der Waals surface area contributed by atoms with Crippen molar-refractivity contribution in [2.45, 2.75) is 50.1 Å². The summed E-state index contributed by atoms with van der Waals surface area (Å²) in [6, 6.07) is 20.1. The highest BCUT2D eigenvalue weighted by Crippen LogP contribution is 2.40. The van der Waals surface area contributed by atoms with Crippen LogP contribution in [0.25, 0.3) is 0 Å². The fourth-order valence-corrected chi connectivity index (χ4v) is 3.84. The molecule has 0 spiro atoms. The largest absolute Gasteiger partial charge is 0.480 e. The van der Waals surface area contributed by atoms with E-state index in [4.69, 9.17) is 0 Å². The van der Waals surface area contributed by atoms with Crippen LogP contribution < -0.4 is 5.32 Å². The van der Waals surface area contributed by atoms with Gasteiger partial charge in [-0.05, 0) is 42.2 Å². The van der Waals surface area contributed by atoms with E-state index in [0.717, 1.165) is 24.8 Å². The highest BCUT2D eigenvalue weighted by atomic mass is 16.4. The van der Waals surface area contributed by atoms with Crippen LogP contribution in [0.3, 0.4) is 0 Å². The number of carboxylic acids is 1. The van der Waals surface area contributed by atoms with Crippen molar-refractivity contribution in [3.63, 3.8) is 0 Å². The van der Waals surface area contributed by atoms with Gasteiger partial charge in [0.1, 0.15) is 6.04 Å². The van der Waals surface area contributed by atoms with Gasteiger partial charge in [-0.15, -0.1) is 0 Å². The van der Waals surface area contributed by atoms with Crippen LogP contribution in [0.5, 0.6) is 0 Å². The maximum absolute atomic E-state index is 11.7. The average molecular weight is 323 g/mol. The molecular weight excluding hydrogens is 298 g/mol. The van der Waals surface area contributed by atoms with Gasteiger partial charge in [0.05, 0.1) is 0 Å². The second kappa shape index (κ2) is 7.18. The van der Waals surface area contributed by atoms with Gasteiger partial charge in [-0.2, -0.15) is 0 Å². The topological polar surface area (TPSA) is 49.3 Å². The molecule has 0 aromatic heterocycles. The maximum Gasteiger partial charge on any atom is 0.321 e. The molecule has 126 valence electrons. The van der Waals surface area contributed by atoms with E-state index in [1.54, 1.807) is 0 Å². The van der Waals surface area contributed by atoms with Gasteiger partial charge in [-0.3, -0.25) is 4.79 Å². The number of rotatable bonds is 6. The van der Waals surface area contributed by atoms with E-state index in [2.05, 4.69) is 36.5 Å². The van der Waals surface area contributed by atoms with E-state index >= 15 is 0 Å². The van der Waals surface area contributed by atoms with Gasteiger partial charge in [0.15, 0.2) is 0 Å². The molecule has 3 atom stereocenters. The third-order valence-electron chi connectivity index (χ3n) is 5.23. The van der Waals surface area contributed by atoms with Crippen LogP contribution in [0.1, 0.15) is 37.3 Å². The molecule has 1 aliphatic rings. The first-order valence-electron chi connectivity index (χ1n) is 8.65. The zero-order chi connectivity index (χ0) is 17.0. The molecule has 1 saturated carbocycles. The van der Waals surface area contributed by atoms with Crippen LogP contribution in [0.2, 0.25) is 0 Å². The quantitative estimate of drug-likeness (QED) is 0.850. The van der Waals surface area contributed by atoms with Gasteiger partial charge in [0.25, 0.3) is 0 Å². The van der Waals surface area contributed by atoms with Gasteiger partial charge >= 0.3 is 5.97 Å². The summed E-state index contributed by atoms with van der Waals surface area (Å²) in [7, 11) is 0. The van der Waals surface area contributed by atoms with Gasteiger partial charge in [-0.1, -0.05) is 67.6 Å². The summed E-state index contributed by atoms with van der Waals surface area (Å²) in [4.78, 5) is 11.7. The Kier molecular flexibility index (Phi) is 5.00. The fraction of sp³-hybridized carbons (Fsp3) is 0.381. The number of nitrogens with one attached hydrogen (secondary N) is 1. The SMILES string of the molecule is CC1(c2ccccc2)CCC(N[C@H](Cc2ccccc2)C(=O)O)C1. The number of hydrogen-bond donors (Lipinski definition) is 2. The molecule has 2 aromatic carbocycles. The molecule has 1 aliphatic carbocycles. The Balaban J connectivity index is 1.65. The second-order valence-electron chi connectivity index (χ2n) is 7.11. The van der Waals surface area contributed by atoms with Gasteiger partial charge in [-0.25, -0.2) is 0 Å². The fourth-order valence-electron chi connectivity index (χ4n) is 3.84. The zero-order valence-corrected chi connectivity index (χ0v) is 14.1. The van der Waals surface area contributed by atoms with E-state index in [0.29, 0.717) is 6.42 Å². The molecule has 3 nitrogen and oxygen atoms in total. The van der Waals surface area contributed by atoms with Crippen molar-refractivity contribution in [3.8, 4) is 0 Å². The van der Waals surface area contributed by atoms with Crippen LogP contribution in [-0.2, 0) is 16.6 Å². The van der Waals surface area contributed by atoms with E-state index < -0.39 is 12.0 Å². The molecule has 0 amide bonds. The Bertz CT molecular complexity index is 671. The third kappa shape index (κ3) is 3.85. The second-order valence-corrected chi connectivity index (χ2v) is 7.11. The Hall–Kier alpha value is -2.13. The van der Waals surface area contributed by atoms with Crippen LogP contribution in [0.15, 0.2) is 60.7 Å². The highest BCUT2D eigenvalue weighted by molar-refractivity contribution is 5.74. The molecule has 2 unspecified atom stereocenters. The molecule has 0 heterocycles. The smallest absolute Gasteiger partial charge is 0.321 e. The van der Waals surface area contributed by atoms with Crippen molar-refractivity contribution in [2.75, 3.05) is 0 Å². The van der Waals surface area contributed by atoms with Crippen molar-refractivity contribution in [1.29, 1.82) is 0 Å². The van der Waals surface area contributed by atoms with Crippen LogP contribution in [-0.4, -0.2) is 23.2 Å². The predicted octanol–water partition coefficient (Wildman–Crippen LogP) is 3.78. The Morgan fingerprint density at radius 2 is 1.79 bits per heavy atom. The third-order valence-corrected chi connectivity index (χ3v) is 5.23. The van der Waals surface area contributed by atoms with E-state index in [1.165, 1.54) is 5.56 Å². The van der Waals surface area contributed by atoms with Crippen LogP contribution in [0.4, 0.5) is 0 Å². The summed E-state index contributed by atoms with van der Waals surface area (Å²) in [6.07, 6.45) is 3.61. The molecule has 2 N–H and O–H groups in total. The zero-order valence-electron chi connectivity index (χ0n) is 14.1. The lowest BCUT2D eigenvalue weighted by atomic mass is 9.81. The summed E-state index contributed by atoms with van der Waals surface area (Å²) < 4.78 is 0. The van der Waals surface area contributed by atoms with Crippen molar-refractivity contribution in [2.24, 2.45) is 0 Å². The highest BCUT2D eigenvalue weighted by Gasteiger charge is 2.37. The lowest BCUT2D eigenvalue weighted by Gasteiger charge is -2.26. The van der Waals surface area contributed by atoms with Gasteiger partial charge in [0, 0.05) is 6.04 Å². The molecule has 1 fully saturated rings. The number of carbonyl (C=O) groups is 1. The van der Waals surface area contributed by atoms with E-state index in [1.807, 2.05) is 36.4 Å². The molecule has 24 heavy (non-hydrogen) atoms. The molecule has 0 aliphatic heterocycles. The molecule has 0 saturated heterocycles. The first-order chi connectivity index (χ1) is 11.6. The van der Waals surface area contributed by atoms with Crippen LogP contribution >= 0.6 is 0 Å². The van der Waals surface area contributed by atoms with Crippen molar-refractivity contribution >= 4 is 5.97 Å². The van der Waals surface area contributed by atoms with Crippen molar-refractivity contribution in [3.05, 3.63) is 71.8 Å². The number of aliphatic carboxylic acids is 1. The average Bonchev–Trinajstić information content (AvgIpc) is 2.98. The number of carboxylic acid groups (broad SMARTS) is 1. The molecular formula is C21H25NO2. The minimum absolute atomic E-state index is 0.134. The van der Waals surface area contributed by atoms with Crippen molar-refractivity contribution in [1.82, 2.24) is 5.32 Å². The summed E-state index contributed by atoms with van der Waals surface area (Å²) in [5.41, 5.74) is 2.54. The summed E-state index contributed by atoms with van der Waals surface area (Å²) in [5.74, 6) is -0.771.